The standard InChI is InChI=1S/C18H32O16/c19-4-1-31-17(14(27)10(23)7(4)20)34-6-3-32-18(15(28)12(25)9(6)22)33-5-2-30-16(29)13(26)11(24)8(5)21/h4-29H,1-3H2. The Labute approximate surface area is 192 Å². The van der Waals surface area contributed by atoms with E-state index in [1.165, 1.54) is 0 Å². The van der Waals surface area contributed by atoms with E-state index in [4.69, 9.17) is 23.7 Å². The summed E-state index contributed by atoms with van der Waals surface area (Å²) in [4.78, 5) is 0. The predicted octanol–water partition coefficient (Wildman–Crippen LogP) is -7.57. The minimum absolute atomic E-state index is 0.542. The summed E-state index contributed by atoms with van der Waals surface area (Å²) in [6.45, 7) is -1.68. The fourth-order valence-electron chi connectivity index (χ4n) is 3.76. The first-order valence-corrected chi connectivity index (χ1v) is 10.6. The van der Waals surface area contributed by atoms with Crippen molar-refractivity contribution in [3.63, 3.8) is 0 Å². The molecule has 3 saturated heterocycles. The lowest BCUT2D eigenvalue weighted by molar-refractivity contribution is -0.264. The molecular formula is C18H32O16. The van der Waals surface area contributed by atoms with Crippen molar-refractivity contribution >= 4 is 0 Å². The Morgan fingerprint density at radius 2 is 0.824 bits per heavy atom. The van der Waals surface area contributed by atoms with Crippen LogP contribution in [0.5, 0.6) is 0 Å². The van der Waals surface area contributed by atoms with E-state index in [0.717, 1.165) is 0 Å². The highest BCUT2D eigenvalue weighted by Gasteiger charge is 2.48. The van der Waals surface area contributed by atoms with Gasteiger partial charge in [0.05, 0.1) is 19.8 Å². The Balaban J connectivity index is 1.68. The lowest BCUT2D eigenvalue weighted by Crippen LogP contribution is -2.52. The first-order valence-electron chi connectivity index (χ1n) is 10.6. The number of aliphatic hydroxyl groups excluding tert-OH is 11. The number of hydrogen-bond donors (Lipinski definition) is 11. The second kappa shape index (κ2) is 11.6. The molecule has 15 atom stereocenters. The SMILES string of the molecule is OC1COC(OC2COC(OC3COC(O)C(O)C(O)C3O)C(O)C(O)C2O)C(O)C(O)C1O. The smallest absolute Gasteiger partial charge is 0.186 e. The van der Waals surface area contributed by atoms with Gasteiger partial charge in [0.15, 0.2) is 18.9 Å². The van der Waals surface area contributed by atoms with Gasteiger partial charge in [-0.15, -0.1) is 0 Å². The maximum atomic E-state index is 10.4. The van der Waals surface area contributed by atoms with E-state index in [1.54, 1.807) is 0 Å². The first kappa shape index (κ1) is 27.9. The van der Waals surface area contributed by atoms with Crippen LogP contribution in [0.2, 0.25) is 0 Å². The quantitative estimate of drug-likeness (QED) is 0.170. The predicted molar refractivity (Wildman–Crippen MR) is 101 cm³/mol. The Bertz CT molecular complexity index is 589. The zero-order valence-electron chi connectivity index (χ0n) is 17.7. The van der Waals surface area contributed by atoms with Gasteiger partial charge in [-0.25, -0.2) is 0 Å². The van der Waals surface area contributed by atoms with E-state index < -0.39 is 112 Å². The molecule has 0 amide bonds. The van der Waals surface area contributed by atoms with Gasteiger partial charge in [-0.2, -0.15) is 0 Å². The Morgan fingerprint density at radius 1 is 0.412 bits per heavy atom. The van der Waals surface area contributed by atoms with Crippen molar-refractivity contribution in [3.8, 4) is 0 Å². The molecule has 34 heavy (non-hydrogen) atoms. The molecule has 0 aromatic carbocycles. The summed E-state index contributed by atoms with van der Waals surface area (Å²) in [5.41, 5.74) is 0. The average molecular weight is 504 g/mol. The maximum Gasteiger partial charge on any atom is 0.186 e. The van der Waals surface area contributed by atoms with Crippen LogP contribution in [-0.2, 0) is 23.7 Å². The molecule has 0 aliphatic carbocycles. The Morgan fingerprint density at radius 3 is 1.35 bits per heavy atom. The van der Waals surface area contributed by atoms with Gasteiger partial charge in [0.25, 0.3) is 0 Å². The highest BCUT2D eigenvalue weighted by atomic mass is 16.7. The Kier molecular flexibility index (Phi) is 9.54. The molecule has 11 N–H and O–H groups in total. The molecule has 3 heterocycles. The summed E-state index contributed by atoms with van der Waals surface area (Å²) in [5.74, 6) is 0. The molecule has 3 aliphatic heterocycles. The molecule has 3 fully saturated rings. The van der Waals surface area contributed by atoms with E-state index in [1.807, 2.05) is 0 Å². The molecular weight excluding hydrogens is 472 g/mol. The van der Waals surface area contributed by atoms with Crippen LogP contribution in [0.1, 0.15) is 0 Å². The fraction of sp³-hybridized carbons (Fsp3) is 1.00. The van der Waals surface area contributed by atoms with Crippen LogP contribution in [0.15, 0.2) is 0 Å². The molecule has 0 spiro atoms. The van der Waals surface area contributed by atoms with Crippen LogP contribution in [0.3, 0.4) is 0 Å². The third kappa shape index (κ3) is 5.84. The van der Waals surface area contributed by atoms with Crippen LogP contribution < -0.4 is 0 Å². The molecule has 200 valence electrons. The fourth-order valence-corrected chi connectivity index (χ4v) is 3.76. The second-order valence-corrected chi connectivity index (χ2v) is 8.46. The number of hydrogen-bond acceptors (Lipinski definition) is 16. The van der Waals surface area contributed by atoms with Crippen molar-refractivity contribution in [1.82, 2.24) is 0 Å². The first-order chi connectivity index (χ1) is 15.9. The van der Waals surface area contributed by atoms with E-state index in [9.17, 15) is 56.2 Å². The maximum absolute atomic E-state index is 10.4. The third-order valence-corrected chi connectivity index (χ3v) is 6.01. The van der Waals surface area contributed by atoms with Gasteiger partial charge >= 0.3 is 0 Å². The van der Waals surface area contributed by atoms with Crippen molar-refractivity contribution in [3.05, 3.63) is 0 Å². The molecule has 15 unspecified atom stereocenters. The van der Waals surface area contributed by atoms with Crippen molar-refractivity contribution in [2.45, 2.75) is 92.1 Å². The van der Waals surface area contributed by atoms with Gasteiger partial charge in [-0.05, 0) is 0 Å². The second-order valence-electron chi connectivity index (χ2n) is 8.46. The molecule has 0 bridgehead atoms. The molecule has 0 aromatic rings. The zero-order valence-corrected chi connectivity index (χ0v) is 17.7. The zero-order chi connectivity index (χ0) is 25.3. The number of aliphatic hydroxyl groups is 11. The monoisotopic (exact) mass is 504 g/mol. The van der Waals surface area contributed by atoms with Crippen molar-refractivity contribution in [2.24, 2.45) is 0 Å². The van der Waals surface area contributed by atoms with Crippen LogP contribution >= 0.6 is 0 Å². The number of rotatable bonds is 4. The van der Waals surface area contributed by atoms with Crippen molar-refractivity contribution in [1.29, 1.82) is 0 Å². The summed E-state index contributed by atoms with van der Waals surface area (Å²) in [7, 11) is 0. The van der Waals surface area contributed by atoms with Crippen molar-refractivity contribution < 1.29 is 79.9 Å². The summed E-state index contributed by atoms with van der Waals surface area (Å²) >= 11 is 0. The van der Waals surface area contributed by atoms with E-state index in [0.29, 0.717) is 0 Å². The third-order valence-electron chi connectivity index (χ3n) is 6.01. The summed E-state index contributed by atoms with van der Waals surface area (Å²) in [5, 5.41) is 110. The minimum atomic E-state index is -1.97. The molecule has 0 saturated carbocycles. The van der Waals surface area contributed by atoms with Crippen LogP contribution in [0.25, 0.3) is 0 Å². The van der Waals surface area contributed by atoms with Gasteiger partial charge in [-0.1, -0.05) is 0 Å². The summed E-state index contributed by atoms with van der Waals surface area (Å²) in [6, 6.07) is 0. The minimum Gasteiger partial charge on any atom is -0.388 e. The molecule has 3 aliphatic rings. The lowest BCUT2D eigenvalue weighted by atomic mass is 10.0. The molecule has 3 rings (SSSR count). The molecule has 16 nitrogen and oxygen atoms in total. The molecule has 0 aromatic heterocycles. The topological polar surface area (TPSA) is 269 Å². The van der Waals surface area contributed by atoms with Gasteiger partial charge < -0.3 is 79.9 Å². The van der Waals surface area contributed by atoms with Gasteiger partial charge in [0.1, 0.15) is 73.2 Å². The molecule has 16 heteroatoms. The highest BCUT2D eigenvalue weighted by Crippen LogP contribution is 2.26. The largest absolute Gasteiger partial charge is 0.388 e. The average Bonchev–Trinajstić information content (AvgIpc) is 3.02. The number of ether oxygens (including phenoxy) is 5. The van der Waals surface area contributed by atoms with Crippen LogP contribution in [0.4, 0.5) is 0 Å². The van der Waals surface area contributed by atoms with Crippen LogP contribution in [-0.4, -0.2) is 168 Å². The van der Waals surface area contributed by atoms with Crippen molar-refractivity contribution in [2.75, 3.05) is 19.8 Å². The normalized spacial score (nSPS) is 53.6. The Hall–Kier alpha value is -0.640. The summed E-state index contributed by atoms with van der Waals surface area (Å²) < 4.78 is 26.1. The highest BCUT2D eigenvalue weighted by molar-refractivity contribution is 4.92. The van der Waals surface area contributed by atoms with E-state index >= 15 is 0 Å². The lowest BCUT2D eigenvalue weighted by Gasteiger charge is -2.31. The van der Waals surface area contributed by atoms with E-state index in [2.05, 4.69) is 0 Å². The van der Waals surface area contributed by atoms with Crippen LogP contribution in [0, 0.1) is 0 Å². The van der Waals surface area contributed by atoms with Gasteiger partial charge in [0.2, 0.25) is 0 Å². The van der Waals surface area contributed by atoms with Gasteiger partial charge in [-0.3, -0.25) is 0 Å². The molecule has 0 radical (unpaired) electrons. The van der Waals surface area contributed by atoms with Gasteiger partial charge in [0, 0.05) is 0 Å². The van der Waals surface area contributed by atoms with E-state index in [-0.39, 0.29) is 0 Å². The summed E-state index contributed by atoms with van der Waals surface area (Å²) in [6.07, 6.45) is -26.5.